The molecule has 0 aromatic rings. The summed E-state index contributed by atoms with van der Waals surface area (Å²) in [5.41, 5.74) is 0.495. The van der Waals surface area contributed by atoms with Crippen LogP contribution in [-0.2, 0) is 0 Å². The fourth-order valence-corrected chi connectivity index (χ4v) is 1.76. The molecule has 0 aromatic carbocycles. The van der Waals surface area contributed by atoms with Gasteiger partial charge in [0, 0.05) is 5.54 Å². The second-order valence-corrected chi connectivity index (χ2v) is 3.30. The number of hydrogen-bond acceptors (Lipinski definition) is 1. The highest BCUT2D eigenvalue weighted by Gasteiger charge is 2.26. The van der Waals surface area contributed by atoms with E-state index in [0.29, 0.717) is 5.54 Å². The zero-order valence-corrected chi connectivity index (χ0v) is 6.54. The average Bonchev–Trinajstić information content (AvgIpc) is 2.16. The van der Waals surface area contributed by atoms with Crippen molar-refractivity contribution >= 4 is 0 Å². The summed E-state index contributed by atoms with van der Waals surface area (Å²) >= 11 is 0. The molecular weight excluding hydrogens is 110 g/mol. The van der Waals surface area contributed by atoms with E-state index in [-0.39, 0.29) is 0 Å². The Hall–Kier alpha value is -0.0400. The molecule has 0 spiro atoms. The highest BCUT2D eigenvalue weighted by atomic mass is 15.0. The van der Waals surface area contributed by atoms with E-state index < -0.39 is 0 Å². The van der Waals surface area contributed by atoms with Crippen molar-refractivity contribution in [1.29, 1.82) is 0 Å². The predicted molar refractivity (Wildman–Crippen MR) is 40.5 cm³/mol. The molecule has 0 amide bonds. The Bertz CT molecular complexity index is 82.6. The van der Waals surface area contributed by atoms with E-state index in [1.165, 1.54) is 25.7 Å². The number of hydrogen-bond donors (Lipinski definition) is 1. The van der Waals surface area contributed by atoms with Crippen LogP contribution in [0.15, 0.2) is 0 Å². The van der Waals surface area contributed by atoms with Gasteiger partial charge in [-0.15, -0.1) is 0 Å². The van der Waals surface area contributed by atoms with Gasteiger partial charge in [0.25, 0.3) is 0 Å². The summed E-state index contributed by atoms with van der Waals surface area (Å²) in [5.74, 6) is 0. The topological polar surface area (TPSA) is 12.0 Å². The maximum Gasteiger partial charge on any atom is 0.0153 e. The molecule has 1 nitrogen and oxygen atoms in total. The molecule has 0 heterocycles. The van der Waals surface area contributed by atoms with E-state index in [1.807, 2.05) is 0 Å². The summed E-state index contributed by atoms with van der Waals surface area (Å²) < 4.78 is 0. The van der Waals surface area contributed by atoms with E-state index in [1.54, 1.807) is 0 Å². The molecule has 0 aliphatic heterocycles. The van der Waals surface area contributed by atoms with Crippen LogP contribution in [-0.4, -0.2) is 12.1 Å². The summed E-state index contributed by atoms with van der Waals surface area (Å²) in [6.07, 6.45) is 5.59. The first-order valence-corrected chi connectivity index (χ1v) is 4.02. The molecule has 1 N–H and O–H groups in total. The third-order valence-corrected chi connectivity index (χ3v) is 2.31. The summed E-state index contributed by atoms with van der Waals surface area (Å²) in [5, 5.41) is 3.52. The zero-order valence-electron chi connectivity index (χ0n) is 6.54. The van der Waals surface area contributed by atoms with Gasteiger partial charge in [-0.05, 0) is 26.3 Å². The molecule has 0 atom stereocenters. The van der Waals surface area contributed by atoms with Gasteiger partial charge >= 0.3 is 0 Å². The first-order chi connectivity index (χ1) is 4.27. The van der Waals surface area contributed by atoms with E-state index >= 15 is 0 Å². The van der Waals surface area contributed by atoms with Gasteiger partial charge in [0.2, 0.25) is 0 Å². The van der Waals surface area contributed by atoms with Crippen LogP contribution in [0.5, 0.6) is 0 Å². The number of nitrogens with one attached hydrogen (secondary N) is 1. The molecule has 1 aliphatic rings. The van der Waals surface area contributed by atoms with Crippen molar-refractivity contribution in [2.75, 3.05) is 6.54 Å². The molecule has 0 bridgehead atoms. The largest absolute Gasteiger partial charge is 0.312 e. The van der Waals surface area contributed by atoms with Crippen molar-refractivity contribution in [3.8, 4) is 0 Å². The summed E-state index contributed by atoms with van der Waals surface area (Å²) in [7, 11) is 0. The Balaban J connectivity index is 2.32. The van der Waals surface area contributed by atoms with Gasteiger partial charge in [-0.1, -0.05) is 19.8 Å². The van der Waals surface area contributed by atoms with Crippen LogP contribution < -0.4 is 5.32 Å². The molecular formula is C8H17N. The van der Waals surface area contributed by atoms with Crippen LogP contribution in [0, 0.1) is 0 Å². The van der Waals surface area contributed by atoms with Crippen molar-refractivity contribution < 1.29 is 0 Å². The Kier molecular flexibility index (Phi) is 2.12. The highest BCUT2D eigenvalue weighted by Crippen LogP contribution is 2.28. The summed E-state index contributed by atoms with van der Waals surface area (Å²) in [6.45, 7) is 5.64. The summed E-state index contributed by atoms with van der Waals surface area (Å²) in [4.78, 5) is 0. The van der Waals surface area contributed by atoms with E-state index in [2.05, 4.69) is 19.2 Å². The van der Waals surface area contributed by atoms with Crippen molar-refractivity contribution in [2.45, 2.75) is 45.1 Å². The molecule has 0 aromatic heterocycles. The Morgan fingerprint density at radius 2 is 1.89 bits per heavy atom. The quantitative estimate of drug-likeness (QED) is 0.597. The second kappa shape index (κ2) is 2.70. The average molecular weight is 127 g/mol. The fraction of sp³-hybridized carbons (Fsp3) is 1.00. The van der Waals surface area contributed by atoms with E-state index in [0.717, 1.165) is 6.54 Å². The molecule has 1 rings (SSSR count). The van der Waals surface area contributed by atoms with Crippen molar-refractivity contribution in [3.05, 3.63) is 0 Å². The molecule has 1 aliphatic carbocycles. The van der Waals surface area contributed by atoms with Gasteiger partial charge in [0.05, 0.1) is 0 Å². The van der Waals surface area contributed by atoms with Gasteiger partial charge < -0.3 is 5.32 Å². The standard InChI is InChI=1S/C8H17N/c1-3-9-8(2)6-4-5-7-8/h9H,3-7H2,1-2H3. The molecule has 54 valence electrons. The van der Waals surface area contributed by atoms with Crippen LogP contribution in [0.1, 0.15) is 39.5 Å². The zero-order chi connectivity index (χ0) is 6.74. The Labute approximate surface area is 57.8 Å². The summed E-state index contributed by atoms with van der Waals surface area (Å²) in [6, 6.07) is 0. The number of rotatable bonds is 2. The monoisotopic (exact) mass is 127 g/mol. The fourth-order valence-electron chi connectivity index (χ4n) is 1.76. The lowest BCUT2D eigenvalue weighted by Gasteiger charge is -2.24. The van der Waals surface area contributed by atoms with Crippen LogP contribution in [0.4, 0.5) is 0 Å². The van der Waals surface area contributed by atoms with Crippen molar-refractivity contribution in [3.63, 3.8) is 0 Å². The first-order valence-electron chi connectivity index (χ1n) is 4.02. The van der Waals surface area contributed by atoms with Crippen molar-refractivity contribution in [1.82, 2.24) is 5.32 Å². The molecule has 1 saturated carbocycles. The molecule has 0 unspecified atom stereocenters. The minimum absolute atomic E-state index is 0.495. The van der Waals surface area contributed by atoms with Crippen LogP contribution in [0.3, 0.4) is 0 Å². The smallest absolute Gasteiger partial charge is 0.0153 e. The SMILES string of the molecule is CCNC1(C)CCCC1. The van der Waals surface area contributed by atoms with Gasteiger partial charge in [0.15, 0.2) is 0 Å². The molecule has 1 heteroatoms. The predicted octanol–water partition coefficient (Wildman–Crippen LogP) is 1.93. The van der Waals surface area contributed by atoms with E-state index in [4.69, 9.17) is 0 Å². The Morgan fingerprint density at radius 3 is 2.33 bits per heavy atom. The van der Waals surface area contributed by atoms with Crippen LogP contribution in [0.25, 0.3) is 0 Å². The molecule has 0 saturated heterocycles. The highest BCUT2D eigenvalue weighted by molar-refractivity contribution is 4.87. The third kappa shape index (κ3) is 1.68. The van der Waals surface area contributed by atoms with E-state index in [9.17, 15) is 0 Å². The molecule has 0 radical (unpaired) electrons. The first kappa shape index (κ1) is 7.07. The maximum absolute atomic E-state index is 3.52. The van der Waals surface area contributed by atoms with Crippen LogP contribution >= 0.6 is 0 Å². The lowest BCUT2D eigenvalue weighted by molar-refractivity contribution is 0.375. The second-order valence-electron chi connectivity index (χ2n) is 3.30. The van der Waals surface area contributed by atoms with Crippen molar-refractivity contribution in [2.24, 2.45) is 0 Å². The minimum Gasteiger partial charge on any atom is -0.312 e. The van der Waals surface area contributed by atoms with Gasteiger partial charge in [0.1, 0.15) is 0 Å². The maximum atomic E-state index is 3.52. The van der Waals surface area contributed by atoms with Crippen LogP contribution in [0.2, 0.25) is 0 Å². The Morgan fingerprint density at radius 1 is 1.33 bits per heavy atom. The lowest BCUT2D eigenvalue weighted by atomic mass is 10.0. The lowest BCUT2D eigenvalue weighted by Crippen LogP contribution is -2.38. The molecule has 1 fully saturated rings. The minimum atomic E-state index is 0.495. The normalized spacial score (nSPS) is 24.7. The van der Waals surface area contributed by atoms with Gasteiger partial charge in [-0.2, -0.15) is 0 Å². The van der Waals surface area contributed by atoms with Gasteiger partial charge in [-0.3, -0.25) is 0 Å². The third-order valence-electron chi connectivity index (χ3n) is 2.31. The molecule has 9 heavy (non-hydrogen) atoms. The van der Waals surface area contributed by atoms with Gasteiger partial charge in [-0.25, -0.2) is 0 Å².